The molecule has 7 heteroatoms. The Morgan fingerprint density at radius 1 is 1.14 bits per heavy atom. The summed E-state index contributed by atoms with van der Waals surface area (Å²) < 4.78 is 26.4. The maximum absolute atomic E-state index is 11.9. The standard InChI is InChI=1S/C15H26N4O2S/c1-2-3-4-8-11-17-15(16)18-12-13-19-22(20,21)14-9-6-5-7-10-14/h5-7,9-10,19H,2-4,8,11-13H2,1H3,(H3,16,17,18). The van der Waals surface area contributed by atoms with E-state index in [-0.39, 0.29) is 11.4 Å². The molecule has 1 aromatic rings. The van der Waals surface area contributed by atoms with Crippen LogP contribution < -0.4 is 15.8 Å². The van der Waals surface area contributed by atoms with E-state index in [9.17, 15) is 8.42 Å². The average molecular weight is 326 g/mol. The molecule has 0 aliphatic heterocycles. The van der Waals surface area contributed by atoms with E-state index < -0.39 is 10.0 Å². The molecule has 6 nitrogen and oxygen atoms in total. The van der Waals surface area contributed by atoms with Gasteiger partial charge in [0.1, 0.15) is 0 Å². The number of benzene rings is 1. The molecule has 4 N–H and O–H groups in total. The second-order valence-corrected chi connectivity index (χ2v) is 6.73. The fourth-order valence-corrected chi connectivity index (χ4v) is 2.91. The van der Waals surface area contributed by atoms with Gasteiger partial charge in [-0.15, -0.1) is 0 Å². The molecule has 0 spiro atoms. The molecule has 1 aromatic carbocycles. The van der Waals surface area contributed by atoms with Crippen LogP contribution in [0.2, 0.25) is 0 Å². The summed E-state index contributed by atoms with van der Waals surface area (Å²) in [5.41, 5.74) is 5.71. The largest absolute Gasteiger partial charge is 0.370 e. The third-order valence-corrected chi connectivity index (χ3v) is 4.55. The number of unbranched alkanes of at least 4 members (excludes halogenated alkanes) is 3. The van der Waals surface area contributed by atoms with Crippen molar-refractivity contribution >= 4 is 16.0 Å². The molecule has 0 unspecified atom stereocenters. The van der Waals surface area contributed by atoms with Gasteiger partial charge in [0.25, 0.3) is 0 Å². The summed E-state index contributed by atoms with van der Waals surface area (Å²) in [6, 6.07) is 8.27. The van der Waals surface area contributed by atoms with Crippen LogP contribution in [0, 0.1) is 0 Å². The SMILES string of the molecule is CCCCCCN=C(N)NCCNS(=O)(=O)c1ccccc1. The van der Waals surface area contributed by atoms with Crippen LogP contribution in [-0.2, 0) is 10.0 Å². The van der Waals surface area contributed by atoms with Gasteiger partial charge in [-0.1, -0.05) is 44.4 Å². The fraction of sp³-hybridized carbons (Fsp3) is 0.533. The first-order valence-electron chi connectivity index (χ1n) is 7.64. The maximum atomic E-state index is 11.9. The summed E-state index contributed by atoms with van der Waals surface area (Å²) in [7, 11) is -3.46. The Bertz CT molecular complexity index is 544. The predicted molar refractivity (Wildman–Crippen MR) is 90.3 cm³/mol. The van der Waals surface area contributed by atoms with Gasteiger partial charge in [-0.2, -0.15) is 0 Å². The van der Waals surface area contributed by atoms with Crippen LogP contribution in [0.1, 0.15) is 32.6 Å². The van der Waals surface area contributed by atoms with E-state index in [1.807, 2.05) is 0 Å². The Hall–Kier alpha value is -1.60. The quantitative estimate of drug-likeness (QED) is 0.344. The van der Waals surface area contributed by atoms with Crippen LogP contribution in [0.15, 0.2) is 40.2 Å². The van der Waals surface area contributed by atoms with E-state index in [4.69, 9.17) is 5.73 Å². The maximum Gasteiger partial charge on any atom is 0.240 e. The van der Waals surface area contributed by atoms with E-state index in [1.165, 1.54) is 12.8 Å². The smallest absolute Gasteiger partial charge is 0.240 e. The molecule has 0 fully saturated rings. The molecule has 0 saturated heterocycles. The lowest BCUT2D eigenvalue weighted by molar-refractivity contribution is 0.580. The highest BCUT2D eigenvalue weighted by Crippen LogP contribution is 2.06. The first kappa shape index (κ1) is 18.4. The number of hydrogen-bond donors (Lipinski definition) is 3. The van der Waals surface area contributed by atoms with Gasteiger partial charge >= 0.3 is 0 Å². The van der Waals surface area contributed by atoms with E-state index in [0.717, 1.165) is 12.8 Å². The Balaban J connectivity index is 2.23. The van der Waals surface area contributed by atoms with Crippen molar-refractivity contribution in [2.45, 2.75) is 37.5 Å². The molecule has 0 bridgehead atoms. The number of hydrogen-bond acceptors (Lipinski definition) is 3. The van der Waals surface area contributed by atoms with E-state index in [1.54, 1.807) is 30.3 Å². The van der Waals surface area contributed by atoms with Crippen molar-refractivity contribution in [2.75, 3.05) is 19.6 Å². The zero-order valence-electron chi connectivity index (χ0n) is 13.1. The number of sulfonamides is 1. The van der Waals surface area contributed by atoms with Gasteiger partial charge in [0.05, 0.1) is 4.90 Å². The van der Waals surface area contributed by atoms with E-state index >= 15 is 0 Å². The second kappa shape index (κ2) is 10.2. The van der Waals surface area contributed by atoms with Crippen molar-refractivity contribution in [1.29, 1.82) is 0 Å². The molecule has 0 aliphatic rings. The van der Waals surface area contributed by atoms with Crippen LogP contribution in [0.3, 0.4) is 0 Å². The van der Waals surface area contributed by atoms with Gasteiger partial charge in [0, 0.05) is 19.6 Å². The third-order valence-electron chi connectivity index (χ3n) is 3.07. The number of nitrogens with two attached hydrogens (primary N) is 1. The van der Waals surface area contributed by atoms with Crippen LogP contribution >= 0.6 is 0 Å². The number of nitrogens with zero attached hydrogens (tertiary/aromatic N) is 1. The minimum Gasteiger partial charge on any atom is -0.370 e. The van der Waals surface area contributed by atoms with Crippen LogP contribution in [0.5, 0.6) is 0 Å². The first-order chi connectivity index (χ1) is 10.6. The lowest BCUT2D eigenvalue weighted by atomic mass is 10.2. The molecule has 0 heterocycles. The molecular formula is C15H26N4O2S. The summed E-state index contributed by atoms with van der Waals surface area (Å²) in [6.45, 7) is 3.52. The normalized spacial score (nSPS) is 12.3. The predicted octanol–water partition coefficient (Wildman–Crippen LogP) is 1.45. The number of rotatable bonds is 10. The highest BCUT2D eigenvalue weighted by atomic mass is 32.2. The lowest BCUT2D eigenvalue weighted by Crippen LogP contribution is -2.38. The van der Waals surface area contributed by atoms with E-state index in [2.05, 4.69) is 22.0 Å². The van der Waals surface area contributed by atoms with Crippen molar-refractivity contribution in [3.8, 4) is 0 Å². The average Bonchev–Trinajstić information content (AvgIpc) is 2.52. The molecule has 1 rings (SSSR count). The van der Waals surface area contributed by atoms with Gasteiger partial charge < -0.3 is 11.1 Å². The van der Waals surface area contributed by atoms with Crippen LogP contribution in [0.4, 0.5) is 0 Å². The van der Waals surface area contributed by atoms with Gasteiger partial charge in [-0.05, 0) is 18.6 Å². The fourth-order valence-electron chi connectivity index (χ4n) is 1.85. The number of aliphatic imine (C=N–C) groups is 1. The second-order valence-electron chi connectivity index (χ2n) is 4.97. The zero-order chi connectivity index (χ0) is 16.3. The van der Waals surface area contributed by atoms with Crippen molar-refractivity contribution in [2.24, 2.45) is 10.7 Å². The van der Waals surface area contributed by atoms with Crippen LogP contribution in [-0.4, -0.2) is 34.0 Å². The summed E-state index contributed by atoms with van der Waals surface area (Å²) in [5, 5.41) is 2.90. The van der Waals surface area contributed by atoms with Crippen molar-refractivity contribution in [1.82, 2.24) is 10.0 Å². The van der Waals surface area contributed by atoms with Gasteiger partial charge in [-0.3, -0.25) is 4.99 Å². The van der Waals surface area contributed by atoms with Crippen LogP contribution in [0.25, 0.3) is 0 Å². The molecule has 0 saturated carbocycles. The molecule has 124 valence electrons. The Morgan fingerprint density at radius 2 is 1.86 bits per heavy atom. The first-order valence-corrected chi connectivity index (χ1v) is 9.13. The molecular weight excluding hydrogens is 300 g/mol. The third kappa shape index (κ3) is 7.42. The summed E-state index contributed by atoms with van der Waals surface area (Å²) in [5.74, 6) is 0.357. The van der Waals surface area contributed by atoms with Crippen molar-refractivity contribution in [3.05, 3.63) is 30.3 Å². The molecule has 0 amide bonds. The molecule has 0 aliphatic carbocycles. The highest BCUT2D eigenvalue weighted by Gasteiger charge is 2.11. The number of nitrogens with one attached hydrogen (secondary N) is 2. The minimum absolute atomic E-state index is 0.253. The highest BCUT2D eigenvalue weighted by molar-refractivity contribution is 7.89. The van der Waals surface area contributed by atoms with Crippen molar-refractivity contribution < 1.29 is 8.42 Å². The Kier molecular flexibility index (Phi) is 8.54. The summed E-state index contributed by atoms with van der Waals surface area (Å²) in [4.78, 5) is 4.45. The zero-order valence-corrected chi connectivity index (χ0v) is 13.9. The monoisotopic (exact) mass is 326 g/mol. The van der Waals surface area contributed by atoms with Gasteiger partial charge in [-0.25, -0.2) is 13.1 Å². The Labute approximate surface area is 133 Å². The molecule has 0 aromatic heterocycles. The molecule has 0 atom stereocenters. The lowest BCUT2D eigenvalue weighted by Gasteiger charge is -2.08. The molecule has 22 heavy (non-hydrogen) atoms. The number of guanidine groups is 1. The summed E-state index contributed by atoms with van der Waals surface area (Å²) >= 11 is 0. The Morgan fingerprint density at radius 3 is 2.55 bits per heavy atom. The van der Waals surface area contributed by atoms with E-state index in [0.29, 0.717) is 19.0 Å². The van der Waals surface area contributed by atoms with Crippen molar-refractivity contribution in [3.63, 3.8) is 0 Å². The minimum atomic E-state index is -3.46. The van der Waals surface area contributed by atoms with Gasteiger partial charge in [0.15, 0.2) is 5.96 Å². The molecule has 0 radical (unpaired) electrons. The summed E-state index contributed by atoms with van der Waals surface area (Å²) in [6.07, 6.45) is 4.59. The topological polar surface area (TPSA) is 96.6 Å². The van der Waals surface area contributed by atoms with Gasteiger partial charge in [0.2, 0.25) is 10.0 Å².